The molecule has 1 aliphatic heterocycles. The number of carbonyl (C=O) groups is 1. The highest BCUT2D eigenvalue weighted by atomic mass is 16.4. The first kappa shape index (κ1) is 12.3. The Balaban J connectivity index is 2.28. The topological polar surface area (TPSA) is 62.0 Å². The molecular weight excluding hydrogens is 252 g/mol. The number of carboxylic acid groups (broad SMARTS) is 1. The number of rotatable bonds is 3. The first-order valence-corrected chi connectivity index (χ1v) is 6.22. The molecule has 0 saturated heterocycles. The first-order valence-electron chi connectivity index (χ1n) is 6.22. The van der Waals surface area contributed by atoms with Gasteiger partial charge in [0, 0.05) is 6.21 Å². The smallest absolute Gasteiger partial charge is 0.353 e. The second-order valence-electron chi connectivity index (χ2n) is 4.54. The Morgan fingerprint density at radius 1 is 0.900 bits per heavy atom. The van der Waals surface area contributed by atoms with Crippen LogP contribution in [-0.2, 0) is 10.2 Å². The summed E-state index contributed by atoms with van der Waals surface area (Å²) in [4.78, 5) is 11.6. The zero-order chi connectivity index (χ0) is 14.0. The molecule has 0 radical (unpaired) electrons. The van der Waals surface area contributed by atoms with Crippen LogP contribution < -0.4 is 0 Å². The zero-order valence-corrected chi connectivity index (χ0v) is 10.6. The van der Waals surface area contributed by atoms with Crippen LogP contribution in [0, 0.1) is 0 Å². The fourth-order valence-corrected chi connectivity index (χ4v) is 2.52. The third-order valence-corrected chi connectivity index (χ3v) is 3.44. The summed E-state index contributed by atoms with van der Waals surface area (Å²) >= 11 is 0. The molecule has 4 heteroatoms. The van der Waals surface area contributed by atoms with Gasteiger partial charge in [-0.2, -0.15) is 5.10 Å². The van der Waals surface area contributed by atoms with Crippen molar-refractivity contribution in [3.8, 4) is 0 Å². The van der Waals surface area contributed by atoms with Crippen molar-refractivity contribution in [1.82, 2.24) is 0 Å². The van der Waals surface area contributed by atoms with E-state index in [4.69, 9.17) is 0 Å². The molecule has 1 aliphatic rings. The molecular formula is C16H12N2O2. The molecule has 0 bridgehead atoms. The normalized spacial score (nSPS) is 15.9. The second kappa shape index (κ2) is 4.74. The number of hydrogen-bond acceptors (Lipinski definition) is 3. The Kier molecular flexibility index (Phi) is 2.91. The highest BCUT2D eigenvalue weighted by molar-refractivity contribution is 6.45. The summed E-state index contributed by atoms with van der Waals surface area (Å²) in [5.41, 5.74) is 0.783. The van der Waals surface area contributed by atoms with E-state index in [1.54, 1.807) is 6.21 Å². The van der Waals surface area contributed by atoms with Crippen molar-refractivity contribution in [3.63, 3.8) is 0 Å². The average molecular weight is 264 g/mol. The van der Waals surface area contributed by atoms with Gasteiger partial charge in [0.25, 0.3) is 0 Å². The van der Waals surface area contributed by atoms with E-state index in [0.29, 0.717) is 0 Å². The third kappa shape index (κ3) is 1.73. The van der Waals surface area contributed by atoms with E-state index in [-0.39, 0.29) is 5.71 Å². The second-order valence-corrected chi connectivity index (χ2v) is 4.54. The lowest BCUT2D eigenvalue weighted by Crippen LogP contribution is -2.41. The van der Waals surface area contributed by atoms with Crippen molar-refractivity contribution in [3.05, 3.63) is 71.8 Å². The van der Waals surface area contributed by atoms with Gasteiger partial charge in [-0.3, -0.25) is 0 Å². The van der Waals surface area contributed by atoms with Crippen molar-refractivity contribution in [1.29, 1.82) is 0 Å². The van der Waals surface area contributed by atoms with Crippen molar-refractivity contribution >= 4 is 17.9 Å². The van der Waals surface area contributed by atoms with Crippen LogP contribution in [0.25, 0.3) is 0 Å². The predicted molar refractivity (Wildman–Crippen MR) is 77.2 cm³/mol. The summed E-state index contributed by atoms with van der Waals surface area (Å²) < 4.78 is 0. The highest BCUT2D eigenvalue weighted by Gasteiger charge is 2.44. The Morgan fingerprint density at radius 2 is 1.40 bits per heavy atom. The van der Waals surface area contributed by atoms with E-state index >= 15 is 0 Å². The van der Waals surface area contributed by atoms with Crippen molar-refractivity contribution in [2.45, 2.75) is 5.41 Å². The lowest BCUT2D eigenvalue weighted by molar-refractivity contribution is -0.129. The van der Waals surface area contributed by atoms with Crippen LogP contribution in [0.15, 0.2) is 70.9 Å². The first-order chi connectivity index (χ1) is 9.75. The maximum Gasteiger partial charge on any atom is 0.353 e. The molecule has 20 heavy (non-hydrogen) atoms. The Morgan fingerprint density at radius 3 is 1.85 bits per heavy atom. The number of benzene rings is 2. The molecule has 98 valence electrons. The Bertz CT molecular complexity index is 651. The lowest BCUT2D eigenvalue weighted by atomic mass is 9.72. The van der Waals surface area contributed by atoms with Crippen LogP contribution in [0.5, 0.6) is 0 Å². The predicted octanol–water partition coefficient (Wildman–Crippen LogP) is 2.50. The van der Waals surface area contributed by atoms with Crippen LogP contribution in [0.3, 0.4) is 0 Å². The molecule has 2 aromatic carbocycles. The number of hydrogen-bond donors (Lipinski definition) is 1. The fourth-order valence-electron chi connectivity index (χ4n) is 2.52. The molecule has 0 atom stereocenters. The summed E-state index contributed by atoms with van der Waals surface area (Å²) in [6.07, 6.45) is 1.60. The minimum Gasteiger partial charge on any atom is -0.477 e. The number of aliphatic carboxylic acids is 1. The summed E-state index contributed by atoms with van der Waals surface area (Å²) in [5, 5.41) is 17.2. The molecule has 1 heterocycles. The van der Waals surface area contributed by atoms with Gasteiger partial charge < -0.3 is 5.11 Å². The van der Waals surface area contributed by atoms with Gasteiger partial charge >= 0.3 is 5.97 Å². The monoisotopic (exact) mass is 264 g/mol. The van der Waals surface area contributed by atoms with Crippen molar-refractivity contribution in [2.24, 2.45) is 10.2 Å². The van der Waals surface area contributed by atoms with E-state index in [1.807, 2.05) is 60.7 Å². The molecule has 0 spiro atoms. The molecule has 3 rings (SSSR count). The van der Waals surface area contributed by atoms with Gasteiger partial charge in [0.15, 0.2) is 5.71 Å². The van der Waals surface area contributed by atoms with E-state index in [1.165, 1.54) is 0 Å². The van der Waals surface area contributed by atoms with Gasteiger partial charge in [-0.25, -0.2) is 4.79 Å². The van der Waals surface area contributed by atoms with Crippen molar-refractivity contribution < 1.29 is 9.90 Å². The molecule has 0 amide bonds. The number of nitrogens with zero attached hydrogens (tertiary/aromatic N) is 2. The van der Waals surface area contributed by atoms with E-state index in [0.717, 1.165) is 11.1 Å². The van der Waals surface area contributed by atoms with Crippen LogP contribution >= 0.6 is 0 Å². The molecule has 1 N–H and O–H groups in total. The molecule has 0 aromatic heterocycles. The standard InChI is InChI=1S/C16H12N2O2/c19-15(20)14-16(11-17-18-14,12-7-3-1-4-8-12)13-9-5-2-6-10-13/h1-11H,(H,19,20). The lowest BCUT2D eigenvalue weighted by Gasteiger charge is -2.27. The number of carboxylic acids is 1. The van der Waals surface area contributed by atoms with Gasteiger partial charge in [-0.15, -0.1) is 5.10 Å². The maximum atomic E-state index is 11.6. The molecule has 0 unspecified atom stereocenters. The van der Waals surface area contributed by atoms with Crippen LogP contribution in [0.2, 0.25) is 0 Å². The Labute approximate surface area is 116 Å². The molecule has 0 aliphatic carbocycles. The largest absolute Gasteiger partial charge is 0.477 e. The van der Waals surface area contributed by atoms with Crippen LogP contribution in [0.4, 0.5) is 0 Å². The minimum atomic E-state index is -1.06. The van der Waals surface area contributed by atoms with Gasteiger partial charge in [0.05, 0.1) is 0 Å². The fraction of sp³-hybridized carbons (Fsp3) is 0.0625. The summed E-state index contributed by atoms with van der Waals surface area (Å²) in [5.74, 6) is -1.06. The Hall–Kier alpha value is -2.75. The van der Waals surface area contributed by atoms with E-state index in [2.05, 4.69) is 10.2 Å². The summed E-state index contributed by atoms with van der Waals surface area (Å²) in [7, 11) is 0. The third-order valence-electron chi connectivity index (χ3n) is 3.44. The van der Waals surface area contributed by atoms with Crippen LogP contribution in [0.1, 0.15) is 11.1 Å². The van der Waals surface area contributed by atoms with Gasteiger partial charge in [0.1, 0.15) is 5.41 Å². The molecule has 0 fully saturated rings. The van der Waals surface area contributed by atoms with Crippen LogP contribution in [-0.4, -0.2) is 23.0 Å². The average Bonchev–Trinajstić information content (AvgIpc) is 2.95. The summed E-state index contributed by atoms with van der Waals surface area (Å²) in [6.45, 7) is 0. The van der Waals surface area contributed by atoms with Gasteiger partial charge in [-0.1, -0.05) is 60.7 Å². The maximum absolute atomic E-state index is 11.6. The summed E-state index contributed by atoms with van der Waals surface area (Å²) in [6, 6.07) is 18.9. The molecule has 0 saturated carbocycles. The SMILES string of the molecule is O=C(O)C1=NN=CC1(c1ccccc1)c1ccccc1. The van der Waals surface area contributed by atoms with Gasteiger partial charge in [0.2, 0.25) is 0 Å². The molecule has 2 aromatic rings. The molecule has 4 nitrogen and oxygen atoms in total. The van der Waals surface area contributed by atoms with E-state index < -0.39 is 11.4 Å². The van der Waals surface area contributed by atoms with E-state index in [9.17, 15) is 9.90 Å². The quantitative estimate of drug-likeness (QED) is 0.925. The van der Waals surface area contributed by atoms with Gasteiger partial charge in [-0.05, 0) is 11.1 Å². The minimum absolute atomic E-state index is 0.0231. The zero-order valence-electron chi connectivity index (χ0n) is 10.6. The highest BCUT2D eigenvalue weighted by Crippen LogP contribution is 2.35. The van der Waals surface area contributed by atoms with Crippen molar-refractivity contribution in [2.75, 3.05) is 0 Å².